The van der Waals surface area contributed by atoms with Gasteiger partial charge < -0.3 is 15.2 Å². The Labute approximate surface area is 92.2 Å². The normalized spacial score (nSPS) is 36.0. The van der Waals surface area contributed by atoms with Crippen molar-refractivity contribution in [1.82, 2.24) is 5.32 Å². The Balaban J connectivity index is 1.58. The first-order chi connectivity index (χ1) is 7.29. The summed E-state index contributed by atoms with van der Waals surface area (Å²) in [6.45, 7) is 2.19. The van der Waals surface area contributed by atoms with Crippen LogP contribution in [0.5, 0.6) is 0 Å². The quantitative estimate of drug-likeness (QED) is 0.692. The molecule has 0 heterocycles. The van der Waals surface area contributed by atoms with Gasteiger partial charge in [-0.25, -0.2) is 0 Å². The fraction of sp³-hybridized carbons (Fsp3) is 1.00. The van der Waals surface area contributed by atoms with Crippen LogP contribution in [-0.4, -0.2) is 38.0 Å². The van der Waals surface area contributed by atoms with Crippen LogP contribution in [0.4, 0.5) is 0 Å². The molecule has 0 aromatic carbocycles. The number of aliphatic hydroxyl groups is 1. The Hall–Kier alpha value is -0.120. The number of ether oxygens (including phenoxy) is 1. The van der Waals surface area contributed by atoms with Crippen LogP contribution in [0.2, 0.25) is 0 Å². The predicted octanol–water partition coefficient (Wildman–Crippen LogP) is 1.02. The molecule has 0 radical (unpaired) electrons. The third-order valence-corrected chi connectivity index (χ3v) is 4.03. The van der Waals surface area contributed by atoms with Crippen molar-refractivity contribution in [3.63, 3.8) is 0 Å². The lowest BCUT2D eigenvalue weighted by molar-refractivity contribution is 0.0635. The van der Waals surface area contributed by atoms with Gasteiger partial charge in [-0.1, -0.05) is 6.42 Å². The maximum atomic E-state index is 9.47. The van der Waals surface area contributed by atoms with E-state index in [2.05, 4.69) is 5.32 Å². The summed E-state index contributed by atoms with van der Waals surface area (Å²) in [6, 6.07) is 0. The van der Waals surface area contributed by atoms with Crippen LogP contribution in [0.1, 0.15) is 25.7 Å². The zero-order valence-electron chi connectivity index (χ0n) is 9.61. The van der Waals surface area contributed by atoms with Gasteiger partial charge in [-0.2, -0.15) is 0 Å². The van der Waals surface area contributed by atoms with Crippen molar-refractivity contribution in [1.29, 1.82) is 0 Å². The predicted molar refractivity (Wildman–Crippen MR) is 59.7 cm³/mol. The molecule has 0 aromatic heterocycles. The fourth-order valence-corrected chi connectivity index (χ4v) is 3.31. The van der Waals surface area contributed by atoms with Crippen molar-refractivity contribution >= 4 is 0 Å². The van der Waals surface area contributed by atoms with E-state index in [-0.39, 0.29) is 6.10 Å². The Morgan fingerprint density at radius 3 is 2.87 bits per heavy atom. The van der Waals surface area contributed by atoms with Gasteiger partial charge in [-0.05, 0) is 43.6 Å². The molecule has 4 atom stereocenters. The number of methoxy groups -OCH3 is 1. The first-order valence-corrected chi connectivity index (χ1v) is 6.17. The van der Waals surface area contributed by atoms with Gasteiger partial charge in [0.1, 0.15) is 0 Å². The van der Waals surface area contributed by atoms with E-state index in [0.29, 0.717) is 13.2 Å². The summed E-state index contributed by atoms with van der Waals surface area (Å²) in [5.41, 5.74) is 0. The maximum Gasteiger partial charge on any atom is 0.0897 e. The van der Waals surface area contributed by atoms with Crippen molar-refractivity contribution in [2.45, 2.75) is 31.8 Å². The lowest BCUT2D eigenvalue weighted by Crippen LogP contribution is -2.34. The molecule has 3 heteroatoms. The highest BCUT2D eigenvalue weighted by molar-refractivity contribution is 4.90. The van der Waals surface area contributed by atoms with E-state index in [9.17, 15) is 5.11 Å². The van der Waals surface area contributed by atoms with E-state index < -0.39 is 0 Å². The first-order valence-electron chi connectivity index (χ1n) is 6.17. The number of hydrogen-bond acceptors (Lipinski definition) is 3. The summed E-state index contributed by atoms with van der Waals surface area (Å²) in [5.74, 6) is 2.87. The lowest BCUT2D eigenvalue weighted by Gasteiger charge is -2.22. The fourth-order valence-electron chi connectivity index (χ4n) is 3.31. The summed E-state index contributed by atoms with van der Waals surface area (Å²) in [7, 11) is 1.62. The van der Waals surface area contributed by atoms with Gasteiger partial charge in [-0.3, -0.25) is 0 Å². The molecule has 88 valence electrons. The van der Waals surface area contributed by atoms with Gasteiger partial charge in [0.15, 0.2) is 0 Å². The zero-order chi connectivity index (χ0) is 10.7. The van der Waals surface area contributed by atoms with E-state index in [1.807, 2.05) is 0 Å². The molecule has 2 bridgehead atoms. The second-order valence-electron chi connectivity index (χ2n) is 5.20. The van der Waals surface area contributed by atoms with Crippen LogP contribution in [0.25, 0.3) is 0 Å². The van der Waals surface area contributed by atoms with Crippen molar-refractivity contribution < 1.29 is 9.84 Å². The number of fused-ring (bicyclic) bond motifs is 2. The van der Waals surface area contributed by atoms with Gasteiger partial charge in [0, 0.05) is 13.7 Å². The largest absolute Gasteiger partial charge is 0.389 e. The van der Waals surface area contributed by atoms with Gasteiger partial charge in [0.2, 0.25) is 0 Å². The number of aliphatic hydroxyl groups excluding tert-OH is 1. The molecule has 15 heavy (non-hydrogen) atoms. The third-order valence-electron chi connectivity index (χ3n) is 4.03. The Morgan fingerprint density at radius 2 is 2.27 bits per heavy atom. The highest BCUT2D eigenvalue weighted by atomic mass is 16.5. The van der Waals surface area contributed by atoms with E-state index in [1.165, 1.54) is 25.7 Å². The molecule has 0 spiro atoms. The lowest BCUT2D eigenvalue weighted by atomic mass is 9.89. The molecule has 2 saturated carbocycles. The van der Waals surface area contributed by atoms with E-state index in [0.717, 1.165) is 24.3 Å². The van der Waals surface area contributed by atoms with Crippen molar-refractivity contribution in [2.24, 2.45) is 17.8 Å². The minimum absolute atomic E-state index is 0.353. The molecule has 0 saturated heterocycles. The van der Waals surface area contributed by atoms with E-state index >= 15 is 0 Å². The number of hydrogen-bond donors (Lipinski definition) is 2. The molecular formula is C12H23NO2. The topological polar surface area (TPSA) is 41.5 Å². The van der Waals surface area contributed by atoms with Crippen molar-refractivity contribution in [3.05, 3.63) is 0 Å². The molecule has 2 N–H and O–H groups in total. The standard InChI is InChI=1S/C12H23NO2/c1-15-8-12(14)7-13-6-11-5-9-2-3-10(11)4-9/h9-14H,2-8H2,1H3. The molecule has 0 aliphatic heterocycles. The SMILES string of the molecule is COCC(O)CNCC1CC2CCC1C2. The van der Waals surface area contributed by atoms with Crippen LogP contribution in [0.3, 0.4) is 0 Å². The number of rotatable bonds is 6. The minimum atomic E-state index is -0.353. The first kappa shape index (κ1) is 11.4. The van der Waals surface area contributed by atoms with Crippen molar-refractivity contribution in [3.8, 4) is 0 Å². The number of nitrogens with one attached hydrogen (secondary N) is 1. The molecule has 0 amide bonds. The molecule has 2 aliphatic rings. The van der Waals surface area contributed by atoms with Crippen LogP contribution in [-0.2, 0) is 4.74 Å². The molecule has 2 fully saturated rings. The Morgan fingerprint density at radius 1 is 1.40 bits per heavy atom. The highest BCUT2D eigenvalue weighted by Crippen LogP contribution is 2.47. The van der Waals surface area contributed by atoms with Crippen LogP contribution >= 0.6 is 0 Å². The maximum absolute atomic E-state index is 9.47. The summed E-state index contributed by atoms with van der Waals surface area (Å²) in [6.07, 6.45) is 5.43. The van der Waals surface area contributed by atoms with Gasteiger partial charge in [0.25, 0.3) is 0 Å². The van der Waals surface area contributed by atoms with Gasteiger partial charge in [0.05, 0.1) is 12.7 Å². The second kappa shape index (κ2) is 5.28. The summed E-state index contributed by atoms with van der Waals surface area (Å²) < 4.78 is 4.89. The smallest absolute Gasteiger partial charge is 0.0897 e. The molecule has 2 aliphatic carbocycles. The summed E-state index contributed by atoms with van der Waals surface area (Å²) in [5, 5.41) is 12.8. The van der Waals surface area contributed by atoms with Crippen molar-refractivity contribution in [2.75, 3.05) is 26.8 Å². The average molecular weight is 213 g/mol. The molecule has 0 aromatic rings. The summed E-state index contributed by atoms with van der Waals surface area (Å²) in [4.78, 5) is 0. The molecule has 3 nitrogen and oxygen atoms in total. The monoisotopic (exact) mass is 213 g/mol. The average Bonchev–Trinajstić information content (AvgIpc) is 2.79. The van der Waals surface area contributed by atoms with Crippen LogP contribution in [0, 0.1) is 17.8 Å². The third kappa shape index (κ3) is 2.92. The van der Waals surface area contributed by atoms with Gasteiger partial charge in [-0.15, -0.1) is 0 Å². The minimum Gasteiger partial charge on any atom is -0.389 e. The highest BCUT2D eigenvalue weighted by Gasteiger charge is 2.38. The molecule has 2 rings (SSSR count). The van der Waals surface area contributed by atoms with Crippen LogP contribution in [0.15, 0.2) is 0 Å². The summed E-state index contributed by atoms with van der Waals surface area (Å²) >= 11 is 0. The molecule has 4 unspecified atom stereocenters. The van der Waals surface area contributed by atoms with E-state index in [1.54, 1.807) is 7.11 Å². The van der Waals surface area contributed by atoms with E-state index in [4.69, 9.17) is 4.74 Å². The Kier molecular flexibility index (Phi) is 4.00. The Bertz CT molecular complexity index is 198. The second-order valence-corrected chi connectivity index (χ2v) is 5.20. The molecular weight excluding hydrogens is 190 g/mol. The van der Waals surface area contributed by atoms with Crippen LogP contribution < -0.4 is 5.32 Å². The zero-order valence-corrected chi connectivity index (χ0v) is 9.61. The van der Waals surface area contributed by atoms with Gasteiger partial charge >= 0.3 is 0 Å².